The molecule has 0 spiro atoms. The van der Waals surface area contributed by atoms with Crippen LogP contribution in [0.15, 0.2) is 126 Å². The third-order valence-corrected chi connectivity index (χ3v) is 5.53. The van der Waals surface area contributed by atoms with Crippen molar-refractivity contribution in [2.75, 3.05) is 10.6 Å². The molecule has 5 rings (SSSR count). The zero-order valence-electron chi connectivity index (χ0n) is 18.8. The van der Waals surface area contributed by atoms with Crippen LogP contribution in [-0.4, -0.2) is 11.8 Å². The van der Waals surface area contributed by atoms with Crippen LogP contribution in [0.25, 0.3) is 22.6 Å². The lowest BCUT2D eigenvalue weighted by Crippen LogP contribution is -2.11. The first-order valence-corrected chi connectivity index (χ1v) is 11.2. The van der Waals surface area contributed by atoms with Crippen LogP contribution < -0.4 is 10.6 Å². The summed E-state index contributed by atoms with van der Waals surface area (Å²) in [5, 5.41) is 5.80. The van der Waals surface area contributed by atoms with E-state index in [1.54, 1.807) is 24.3 Å². The quantitative estimate of drug-likeness (QED) is 0.285. The average Bonchev–Trinajstić information content (AvgIpc) is 3.41. The molecule has 5 nitrogen and oxygen atoms in total. The molecular formula is C30H22N2O3. The van der Waals surface area contributed by atoms with Gasteiger partial charge in [-0.15, -0.1) is 0 Å². The molecule has 0 bridgehead atoms. The maximum atomic E-state index is 12.3. The summed E-state index contributed by atoms with van der Waals surface area (Å²) in [6.45, 7) is 0. The van der Waals surface area contributed by atoms with E-state index in [4.69, 9.17) is 4.42 Å². The summed E-state index contributed by atoms with van der Waals surface area (Å²) in [5.74, 6) is 1.15. The molecule has 0 radical (unpaired) electrons. The van der Waals surface area contributed by atoms with Crippen LogP contribution in [0.2, 0.25) is 0 Å². The minimum Gasteiger partial charge on any atom is -0.456 e. The fourth-order valence-corrected chi connectivity index (χ4v) is 3.67. The first-order chi connectivity index (χ1) is 17.2. The van der Waals surface area contributed by atoms with Crippen molar-refractivity contribution < 1.29 is 14.0 Å². The maximum absolute atomic E-state index is 12.3. The average molecular weight is 459 g/mol. The molecule has 0 aliphatic carbocycles. The van der Waals surface area contributed by atoms with Crippen molar-refractivity contribution in [3.05, 3.63) is 132 Å². The van der Waals surface area contributed by atoms with Crippen molar-refractivity contribution in [3.63, 3.8) is 0 Å². The monoisotopic (exact) mass is 458 g/mol. The van der Waals surface area contributed by atoms with Gasteiger partial charge in [0, 0.05) is 33.6 Å². The van der Waals surface area contributed by atoms with E-state index in [9.17, 15) is 9.59 Å². The molecule has 5 heteroatoms. The third-order valence-electron chi connectivity index (χ3n) is 5.53. The lowest BCUT2D eigenvalue weighted by atomic mass is 10.1. The molecule has 1 heterocycles. The van der Waals surface area contributed by atoms with Crippen LogP contribution in [0.3, 0.4) is 0 Å². The Morgan fingerprint density at radius 1 is 0.457 bits per heavy atom. The summed E-state index contributed by atoms with van der Waals surface area (Å²) in [7, 11) is 0. The van der Waals surface area contributed by atoms with Gasteiger partial charge in [0.15, 0.2) is 0 Å². The highest BCUT2D eigenvalue weighted by atomic mass is 16.3. The van der Waals surface area contributed by atoms with Crippen LogP contribution in [0.1, 0.15) is 20.7 Å². The molecule has 0 unspecified atom stereocenters. The van der Waals surface area contributed by atoms with Gasteiger partial charge in [-0.2, -0.15) is 0 Å². The molecule has 2 N–H and O–H groups in total. The molecule has 0 fully saturated rings. The molecule has 35 heavy (non-hydrogen) atoms. The maximum Gasteiger partial charge on any atom is 0.255 e. The minimum atomic E-state index is -0.151. The highest BCUT2D eigenvalue weighted by Gasteiger charge is 2.10. The SMILES string of the molecule is O=C(Nc1ccc(-c2ccc(-c3ccc(NC(=O)c4ccccc4)cc3)o2)cc1)c1ccccc1. The molecular weight excluding hydrogens is 436 g/mol. The molecule has 0 aliphatic rings. The van der Waals surface area contributed by atoms with E-state index in [0.29, 0.717) is 22.5 Å². The predicted molar refractivity (Wildman–Crippen MR) is 138 cm³/mol. The minimum absolute atomic E-state index is 0.151. The second kappa shape index (κ2) is 9.93. The molecule has 1 aromatic heterocycles. The van der Waals surface area contributed by atoms with Crippen LogP contribution in [0.5, 0.6) is 0 Å². The Balaban J connectivity index is 1.24. The second-order valence-corrected chi connectivity index (χ2v) is 7.96. The Hall–Kier alpha value is -4.90. The van der Waals surface area contributed by atoms with E-state index in [-0.39, 0.29) is 11.8 Å². The topological polar surface area (TPSA) is 71.3 Å². The van der Waals surface area contributed by atoms with Crippen molar-refractivity contribution >= 4 is 23.2 Å². The Bertz CT molecular complexity index is 1330. The van der Waals surface area contributed by atoms with Gasteiger partial charge in [0.25, 0.3) is 11.8 Å². The van der Waals surface area contributed by atoms with Gasteiger partial charge in [-0.1, -0.05) is 36.4 Å². The fourth-order valence-electron chi connectivity index (χ4n) is 3.67. The Morgan fingerprint density at radius 2 is 0.829 bits per heavy atom. The number of rotatable bonds is 6. The van der Waals surface area contributed by atoms with E-state index in [1.807, 2.05) is 97.1 Å². The summed E-state index contributed by atoms with van der Waals surface area (Å²) in [4.78, 5) is 24.7. The number of anilines is 2. The Morgan fingerprint density at radius 3 is 1.20 bits per heavy atom. The molecule has 4 aromatic carbocycles. The van der Waals surface area contributed by atoms with Crippen LogP contribution in [-0.2, 0) is 0 Å². The highest BCUT2D eigenvalue weighted by Crippen LogP contribution is 2.30. The van der Waals surface area contributed by atoms with Gasteiger partial charge in [0.05, 0.1) is 0 Å². The number of furan rings is 1. The van der Waals surface area contributed by atoms with E-state index in [1.165, 1.54) is 0 Å². The number of nitrogens with one attached hydrogen (secondary N) is 2. The molecule has 5 aromatic rings. The molecule has 0 aliphatic heterocycles. The Kier molecular flexibility index (Phi) is 6.22. The summed E-state index contributed by atoms with van der Waals surface area (Å²) >= 11 is 0. The second-order valence-electron chi connectivity index (χ2n) is 7.96. The zero-order valence-corrected chi connectivity index (χ0v) is 18.8. The molecule has 0 saturated heterocycles. The zero-order chi connectivity index (χ0) is 24.0. The van der Waals surface area contributed by atoms with Gasteiger partial charge in [-0.25, -0.2) is 0 Å². The van der Waals surface area contributed by atoms with E-state index >= 15 is 0 Å². The van der Waals surface area contributed by atoms with Crippen molar-refractivity contribution in [2.24, 2.45) is 0 Å². The number of carbonyl (C=O) groups is 2. The van der Waals surface area contributed by atoms with Crippen LogP contribution in [0, 0.1) is 0 Å². The number of hydrogen-bond donors (Lipinski definition) is 2. The highest BCUT2D eigenvalue weighted by molar-refractivity contribution is 6.05. The van der Waals surface area contributed by atoms with Crippen LogP contribution >= 0.6 is 0 Å². The van der Waals surface area contributed by atoms with Crippen molar-refractivity contribution in [2.45, 2.75) is 0 Å². The predicted octanol–water partition coefficient (Wildman–Crippen LogP) is 7.12. The number of hydrogen-bond acceptors (Lipinski definition) is 3. The molecule has 0 saturated carbocycles. The molecule has 0 atom stereocenters. The summed E-state index contributed by atoms with van der Waals surface area (Å²) < 4.78 is 6.06. The van der Waals surface area contributed by atoms with Crippen molar-refractivity contribution in [1.29, 1.82) is 0 Å². The largest absolute Gasteiger partial charge is 0.456 e. The third kappa shape index (κ3) is 5.20. The number of carbonyl (C=O) groups excluding carboxylic acids is 2. The van der Waals surface area contributed by atoms with Gasteiger partial charge in [-0.05, 0) is 84.9 Å². The first-order valence-electron chi connectivity index (χ1n) is 11.2. The molecule has 2 amide bonds. The smallest absolute Gasteiger partial charge is 0.255 e. The van der Waals surface area contributed by atoms with Gasteiger partial charge in [0.2, 0.25) is 0 Å². The van der Waals surface area contributed by atoms with Gasteiger partial charge < -0.3 is 15.1 Å². The summed E-state index contributed by atoms with van der Waals surface area (Å²) in [5.41, 5.74) is 4.45. The lowest BCUT2D eigenvalue weighted by Gasteiger charge is -2.06. The number of benzene rings is 4. The van der Waals surface area contributed by atoms with E-state index in [0.717, 1.165) is 22.6 Å². The van der Waals surface area contributed by atoms with Gasteiger partial charge in [-0.3, -0.25) is 9.59 Å². The van der Waals surface area contributed by atoms with E-state index < -0.39 is 0 Å². The normalized spacial score (nSPS) is 10.5. The van der Waals surface area contributed by atoms with Gasteiger partial charge in [0.1, 0.15) is 11.5 Å². The van der Waals surface area contributed by atoms with Crippen molar-refractivity contribution in [1.82, 2.24) is 0 Å². The summed E-state index contributed by atoms with van der Waals surface area (Å²) in [6, 6.07) is 37.1. The lowest BCUT2D eigenvalue weighted by molar-refractivity contribution is 0.101. The standard InChI is InChI=1S/C30H22N2O3/c33-29(23-7-3-1-4-8-23)31-25-15-11-21(12-16-25)27-19-20-28(35-27)22-13-17-26(18-14-22)32-30(34)24-9-5-2-6-10-24/h1-20H,(H,31,33)(H,32,34). The Labute approximate surface area is 203 Å². The van der Waals surface area contributed by atoms with E-state index in [2.05, 4.69) is 10.6 Å². The number of amides is 2. The van der Waals surface area contributed by atoms with Gasteiger partial charge >= 0.3 is 0 Å². The molecule has 170 valence electrons. The fraction of sp³-hybridized carbons (Fsp3) is 0. The summed E-state index contributed by atoms with van der Waals surface area (Å²) in [6.07, 6.45) is 0. The first kappa shape index (κ1) is 21.9. The van der Waals surface area contributed by atoms with Crippen molar-refractivity contribution in [3.8, 4) is 22.6 Å². The van der Waals surface area contributed by atoms with Crippen LogP contribution in [0.4, 0.5) is 11.4 Å².